The van der Waals surface area contributed by atoms with Crippen molar-refractivity contribution in [3.8, 4) is 0 Å². The van der Waals surface area contributed by atoms with Gasteiger partial charge in [-0.15, -0.1) is 0 Å². The molecule has 0 saturated carbocycles. The minimum Gasteiger partial charge on any atom is -0.478 e. The van der Waals surface area contributed by atoms with Crippen molar-refractivity contribution in [1.29, 1.82) is 0 Å². The Hall–Kier alpha value is -1.71. The Labute approximate surface area is 127 Å². The smallest absolute Gasteiger partial charge is 0.339 e. The van der Waals surface area contributed by atoms with Gasteiger partial charge in [-0.25, -0.2) is 4.79 Å². The molecule has 5 heteroatoms. The molecule has 0 amide bonds. The summed E-state index contributed by atoms with van der Waals surface area (Å²) in [6.45, 7) is 0.613. The van der Waals surface area contributed by atoms with Gasteiger partial charge in [0.25, 0.3) is 0 Å². The third kappa shape index (κ3) is 3.65. The van der Waals surface area contributed by atoms with Crippen molar-refractivity contribution in [1.82, 2.24) is 0 Å². The summed E-state index contributed by atoms with van der Waals surface area (Å²) in [4.78, 5) is 11.2. The summed E-state index contributed by atoms with van der Waals surface area (Å²) in [6, 6.07) is 12.5. The maximum absolute atomic E-state index is 11.2. The Balaban J connectivity index is 2.02. The maximum Gasteiger partial charge on any atom is 0.339 e. The minimum atomic E-state index is -1.04. The van der Waals surface area contributed by atoms with Gasteiger partial charge in [0.2, 0.25) is 0 Å². The zero-order valence-electron chi connectivity index (χ0n) is 10.6. The predicted molar refractivity (Wildman–Crippen MR) is 82.1 cm³/mol. The molecule has 0 aliphatic heterocycles. The van der Waals surface area contributed by atoms with E-state index in [2.05, 4.69) is 5.32 Å². The molecule has 0 aromatic heterocycles. The summed E-state index contributed by atoms with van der Waals surface area (Å²) in [6.07, 6.45) is 0.767. The monoisotopic (exact) mass is 309 g/mol. The van der Waals surface area contributed by atoms with Crippen LogP contribution in [-0.2, 0) is 6.42 Å². The Morgan fingerprint density at radius 1 is 1.10 bits per heavy atom. The van der Waals surface area contributed by atoms with E-state index in [1.807, 2.05) is 24.3 Å². The molecular formula is C15H13Cl2NO2. The van der Waals surface area contributed by atoms with Crippen LogP contribution in [0.25, 0.3) is 0 Å². The predicted octanol–water partition coefficient (Wildman–Crippen LogP) is 4.35. The van der Waals surface area contributed by atoms with E-state index in [1.165, 1.54) is 0 Å². The first-order valence-electron chi connectivity index (χ1n) is 6.08. The van der Waals surface area contributed by atoms with Gasteiger partial charge in [-0.05, 0) is 36.2 Å². The van der Waals surface area contributed by atoms with Gasteiger partial charge in [-0.2, -0.15) is 0 Å². The van der Waals surface area contributed by atoms with E-state index >= 15 is 0 Å². The zero-order valence-corrected chi connectivity index (χ0v) is 12.1. The number of aromatic carboxylic acids is 1. The molecule has 0 aliphatic carbocycles. The second kappa shape index (κ2) is 6.64. The van der Waals surface area contributed by atoms with Crippen molar-refractivity contribution < 1.29 is 9.90 Å². The number of benzene rings is 2. The lowest BCUT2D eigenvalue weighted by molar-refractivity contribution is 0.0698. The molecule has 20 heavy (non-hydrogen) atoms. The molecular weight excluding hydrogens is 297 g/mol. The average molecular weight is 310 g/mol. The molecule has 0 fully saturated rings. The SMILES string of the molecule is O=C(O)c1c(Cl)cccc1NCCc1ccc(Cl)cc1. The minimum absolute atomic E-state index is 0.102. The molecule has 104 valence electrons. The first-order valence-corrected chi connectivity index (χ1v) is 6.83. The third-order valence-corrected chi connectivity index (χ3v) is 3.44. The van der Waals surface area contributed by atoms with Gasteiger partial charge in [0, 0.05) is 11.6 Å². The molecule has 0 aliphatic rings. The van der Waals surface area contributed by atoms with E-state index in [0.717, 1.165) is 12.0 Å². The lowest BCUT2D eigenvalue weighted by Crippen LogP contribution is -2.10. The van der Waals surface area contributed by atoms with Gasteiger partial charge >= 0.3 is 5.97 Å². The van der Waals surface area contributed by atoms with Gasteiger partial charge in [-0.1, -0.05) is 41.4 Å². The summed E-state index contributed by atoms with van der Waals surface area (Å²) in [5, 5.41) is 13.2. The van der Waals surface area contributed by atoms with Crippen LogP contribution in [0.15, 0.2) is 42.5 Å². The second-order valence-corrected chi connectivity index (χ2v) is 5.11. The number of anilines is 1. The first kappa shape index (κ1) is 14.7. The molecule has 3 nitrogen and oxygen atoms in total. The van der Waals surface area contributed by atoms with Crippen molar-refractivity contribution in [2.75, 3.05) is 11.9 Å². The highest BCUT2D eigenvalue weighted by atomic mass is 35.5. The van der Waals surface area contributed by atoms with Gasteiger partial charge in [-0.3, -0.25) is 0 Å². The van der Waals surface area contributed by atoms with Crippen LogP contribution >= 0.6 is 23.2 Å². The van der Waals surface area contributed by atoms with Crippen LogP contribution in [0.1, 0.15) is 15.9 Å². The Morgan fingerprint density at radius 2 is 1.80 bits per heavy atom. The molecule has 0 spiro atoms. The number of rotatable bonds is 5. The molecule has 0 atom stereocenters. The molecule has 0 unspecified atom stereocenters. The number of nitrogens with one attached hydrogen (secondary N) is 1. The van der Waals surface area contributed by atoms with Crippen LogP contribution in [0.4, 0.5) is 5.69 Å². The van der Waals surface area contributed by atoms with E-state index in [1.54, 1.807) is 18.2 Å². The average Bonchev–Trinajstić information content (AvgIpc) is 2.40. The van der Waals surface area contributed by atoms with Gasteiger partial charge in [0.15, 0.2) is 0 Å². The van der Waals surface area contributed by atoms with Crippen LogP contribution in [0.3, 0.4) is 0 Å². The second-order valence-electron chi connectivity index (χ2n) is 4.27. The zero-order chi connectivity index (χ0) is 14.5. The standard InChI is InChI=1S/C15H13Cl2NO2/c16-11-6-4-10(5-7-11)8-9-18-13-3-1-2-12(17)14(13)15(19)20/h1-7,18H,8-9H2,(H,19,20). The molecule has 2 rings (SSSR count). The van der Waals surface area contributed by atoms with E-state index in [0.29, 0.717) is 17.3 Å². The van der Waals surface area contributed by atoms with Crippen molar-refractivity contribution >= 4 is 34.9 Å². The number of halogens is 2. The molecule has 0 saturated heterocycles. The molecule has 0 bridgehead atoms. The van der Waals surface area contributed by atoms with Gasteiger partial charge in [0.05, 0.1) is 10.7 Å². The number of carboxylic acid groups (broad SMARTS) is 1. The molecule has 2 N–H and O–H groups in total. The number of carboxylic acids is 1. The quantitative estimate of drug-likeness (QED) is 0.863. The number of carbonyl (C=O) groups is 1. The number of hydrogen-bond donors (Lipinski definition) is 2. The Bertz CT molecular complexity index is 612. The van der Waals surface area contributed by atoms with E-state index in [4.69, 9.17) is 28.3 Å². The van der Waals surface area contributed by atoms with Crippen LogP contribution < -0.4 is 5.32 Å². The van der Waals surface area contributed by atoms with Crippen molar-refractivity contribution in [2.45, 2.75) is 6.42 Å². The van der Waals surface area contributed by atoms with Crippen LogP contribution in [0, 0.1) is 0 Å². The van der Waals surface area contributed by atoms with Crippen LogP contribution in [0.2, 0.25) is 10.0 Å². The lowest BCUT2D eigenvalue weighted by atomic mass is 10.1. The largest absolute Gasteiger partial charge is 0.478 e. The van der Waals surface area contributed by atoms with Crippen LogP contribution in [-0.4, -0.2) is 17.6 Å². The number of hydrogen-bond acceptors (Lipinski definition) is 2. The molecule has 0 heterocycles. The van der Waals surface area contributed by atoms with Crippen molar-refractivity contribution in [2.24, 2.45) is 0 Å². The highest BCUT2D eigenvalue weighted by Crippen LogP contribution is 2.24. The van der Waals surface area contributed by atoms with E-state index in [9.17, 15) is 4.79 Å². The summed E-state index contributed by atoms with van der Waals surface area (Å²) in [5.41, 5.74) is 1.75. The van der Waals surface area contributed by atoms with Crippen molar-refractivity contribution in [3.05, 3.63) is 63.6 Å². The van der Waals surface area contributed by atoms with Gasteiger partial charge in [0.1, 0.15) is 5.56 Å². The fourth-order valence-corrected chi connectivity index (χ4v) is 2.26. The Kier molecular flexibility index (Phi) is 4.88. The van der Waals surface area contributed by atoms with Crippen molar-refractivity contribution in [3.63, 3.8) is 0 Å². The molecule has 2 aromatic carbocycles. The maximum atomic E-state index is 11.2. The molecule has 2 aromatic rings. The van der Waals surface area contributed by atoms with Gasteiger partial charge < -0.3 is 10.4 Å². The van der Waals surface area contributed by atoms with E-state index in [-0.39, 0.29) is 10.6 Å². The normalized spacial score (nSPS) is 10.3. The summed E-state index contributed by atoms with van der Waals surface area (Å²) in [7, 11) is 0. The summed E-state index contributed by atoms with van der Waals surface area (Å²) < 4.78 is 0. The Morgan fingerprint density at radius 3 is 2.45 bits per heavy atom. The lowest BCUT2D eigenvalue weighted by Gasteiger charge is -2.10. The highest BCUT2D eigenvalue weighted by Gasteiger charge is 2.13. The fraction of sp³-hybridized carbons (Fsp3) is 0.133. The first-order chi connectivity index (χ1) is 9.58. The summed E-state index contributed by atoms with van der Waals surface area (Å²) >= 11 is 11.7. The fourth-order valence-electron chi connectivity index (χ4n) is 1.88. The molecule has 0 radical (unpaired) electrons. The summed E-state index contributed by atoms with van der Waals surface area (Å²) in [5.74, 6) is -1.04. The van der Waals surface area contributed by atoms with Crippen LogP contribution in [0.5, 0.6) is 0 Å². The topological polar surface area (TPSA) is 49.3 Å². The third-order valence-electron chi connectivity index (χ3n) is 2.87. The highest BCUT2D eigenvalue weighted by molar-refractivity contribution is 6.34. The van der Waals surface area contributed by atoms with E-state index < -0.39 is 5.97 Å².